The van der Waals surface area contributed by atoms with E-state index in [0.717, 1.165) is 5.56 Å². The second kappa shape index (κ2) is 9.09. The van der Waals surface area contributed by atoms with Crippen LogP contribution in [0.3, 0.4) is 0 Å². The van der Waals surface area contributed by atoms with E-state index in [2.05, 4.69) is 5.16 Å². The van der Waals surface area contributed by atoms with E-state index in [1.54, 1.807) is 42.5 Å². The van der Waals surface area contributed by atoms with Gasteiger partial charge in [-0.15, -0.1) is 0 Å². The Balaban J connectivity index is 1.68. The van der Waals surface area contributed by atoms with Crippen LogP contribution in [0.25, 0.3) is 0 Å². The predicted molar refractivity (Wildman–Crippen MR) is 107 cm³/mol. The molecule has 3 aromatic rings. The van der Waals surface area contributed by atoms with Crippen LogP contribution in [0, 0.1) is 5.82 Å². The van der Waals surface area contributed by atoms with Crippen LogP contribution in [0.4, 0.5) is 4.39 Å². The highest BCUT2D eigenvalue weighted by Crippen LogP contribution is 2.27. The van der Waals surface area contributed by atoms with Crippen molar-refractivity contribution >= 4 is 41.0 Å². The van der Waals surface area contributed by atoms with Crippen molar-refractivity contribution in [1.29, 1.82) is 0 Å². The number of benzene rings is 3. The maximum absolute atomic E-state index is 13.6. The summed E-state index contributed by atoms with van der Waals surface area (Å²) in [5.74, 6) is 0.270. The van der Waals surface area contributed by atoms with Crippen LogP contribution in [0.15, 0.2) is 65.8 Å². The van der Waals surface area contributed by atoms with Gasteiger partial charge in [-0.3, -0.25) is 0 Å². The van der Waals surface area contributed by atoms with E-state index in [4.69, 9.17) is 44.4 Å². The topological polar surface area (TPSA) is 30.8 Å². The smallest absolute Gasteiger partial charge is 0.145 e. The largest absolute Gasteiger partial charge is 0.457 e. The SMILES string of the molecule is Fc1cc(Oc2ccccc2/C=N\OCc2ccc(Cl)cc2Cl)ccc1Cl. The minimum Gasteiger partial charge on any atom is -0.457 e. The second-order valence-electron chi connectivity index (χ2n) is 5.46. The molecule has 0 aromatic heterocycles. The number of hydrogen-bond donors (Lipinski definition) is 0. The summed E-state index contributed by atoms with van der Waals surface area (Å²) in [6.45, 7) is 0.192. The first kappa shape index (κ1) is 19.5. The van der Waals surface area contributed by atoms with Crippen molar-refractivity contribution in [3.05, 3.63) is 92.7 Å². The molecule has 0 fully saturated rings. The lowest BCUT2D eigenvalue weighted by molar-refractivity contribution is 0.132. The number of oxime groups is 1. The fraction of sp³-hybridized carbons (Fsp3) is 0.0500. The molecular weight excluding hydrogens is 412 g/mol. The standard InChI is InChI=1S/C20H13Cl3FNO2/c21-15-6-5-14(18(23)9-15)12-26-25-11-13-3-1-2-4-20(13)27-16-7-8-17(22)19(24)10-16/h1-11H,12H2/b25-11-. The van der Waals surface area contributed by atoms with Gasteiger partial charge in [0.15, 0.2) is 0 Å². The average Bonchev–Trinajstić information content (AvgIpc) is 2.64. The molecule has 138 valence electrons. The molecule has 0 amide bonds. The number of hydrogen-bond acceptors (Lipinski definition) is 3. The quantitative estimate of drug-likeness (QED) is 0.311. The molecule has 7 heteroatoms. The van der Waals surface area contributed by atoms with Crippen LogP contribution in [-0.2, 0) is 11.4 Å². The molecule has 0 bridgehead atoms. The van der Waals surface area contributed by atoms with E-state index in [1.165, 1.54) is 18.3 Å². The Morgan fingerprint density at radius 1 is 0.926 bits per heavy atom. The molecule has 0 N–H and O–H groups in total. The summed E-state index contributed by atoms with van der Waals surface area (Å²) in [5, 5.41) is 5.03. The Hall–Kier alpha value is -2.27. The van der Waals surface area contributed by atoms with Crippen LogP contribution in [0.2, 0.25) is 15.1 Å². The highest BCUT2D eigenvalue weighted by Gasteiger charge is 2.06. The molecule has 3 nitrogen and oxygen atoms in total. The average molecular weight is 425 g/mol. The van der Waals surface area contributed by atoms with Crippen molar-refractivity contribution in [2.75, 3.05) is 0 Å². The van der Waals surface area contributed by atoms with Gasteiger partial charge in [0.2, 0.25) is 0 Å². The van der Waals surface area contributed by atoms with Gasteiger partial charge >= 0.3 is 0 Å². The molecule has 0 aliphatic rings. The van der Waals surface area contributed by atoms with Gasteiger partial charge in [-0.1, -0.05) is 58.2 Å². The molecule has 0 saturated heterocycles. The maximum atomic E-state index is 13.6. The highest BCUT2D eigenvalue weighted by molar-refractivity contribution is 6.35. The van der Waals surface area contributed by atoms with Crippen LogP contribution in [0.5, 0.6) is 11.5 Å². The number of nitrogens with zero attached hydrogens (tertiary/aromatic N) is 1. The minimum absolute atomic E-state index is 0.0338. The minimum atomic E-state index is -0.552. The van der Waals surface area contributed by atoms with Gasteiger partial charge in [-0.2, -0.15) is 0 Å². The third-order valence-corrected chi connectivity index (χ3v) is 4.43. The van der Waals surface area contributed by atoms with Gasteiger partial charge in [0.1, 0.15) is 23.9 Å². The summed E-state index contributed by atoms with van der Waals surface area (Å²) < 4.78 is 19.3. The van der Waals surface area contributed by atoms with E-state index in [-0.39, 0.29) is 11.6 Å². The number of para-hydroxylation sites is 1. The zero-order valence-corrected chi connectivity index (χ0v) is 16.1. The summed E-state index contributed by atoms with van der Waals surface area (Å²) in [5.41, 5.74) is 1.43. The van der Waals surface area contributed by atoms with Gasteiger partial charge in [-0.05, 0) is 36.4 Å². The Labute approximate surface area is 170 Å². The number of rotatable bonds is 6. The zero-order chi connectivity index (χ0) is 19.2. The molecule has 0 saturated carbocycles. The first-order chi connectivity index (χ1) is 13.0. The van der Waals surface area contributed by atoms with Crippen molar-refractivity contribution in [3.63, 3.8) is 0 Å². The van der Waals surface area contributed by atoms with Crippen molar-refractivity contribution in [2.24, 2.45) is 5.16 Å². The molecule has 0 aliphatic carbocycles. The van der Waals surface area contributed by atoms with Gasteiger partial charge in [-0.25, -0.2) is 4.39 Å². The third-order valence-electron chi connectivity index (χ3n) is 3.54. The van der Waals surface area contributed by atoms with Gasteiger partial charge < -0.3 is 9.57 Å². The summed E-state index contributed by atoms with van der Waals surface area (Å²) in [6.07, 6.45) is 1.51. The molecule has 0 spiro atoms. The zero-order valence-electron chi connectivity index (χ0n) is 13.8. The first-order valence-corrected chi connectivity index (χ1v) is 8.97. The van der Waals surface area contributed by atoms with Crippen LogP contribution >= 0.6 is 34.8 Å². The highest BCUT2D eigenvalue weighted by atomic mass is 35.5. The fourth-order valence-corrected chi connectivity index (χ4v) is 2.77. The number of halogens is 4. The Bertz CT molecular complexity index is 979. The van der Waals surface area contributed by atoms with Gasteiger partial charge in [0.05, 0.1) is 11.2 Å². The van der Waals surface area contributed by atoms with E-state index in [9.17, 15) is 4.39 Å². The van der Waals surface area contributed by atoms with E-state index >= 15 is 0 Å². The summed E-state index contributed by atoms with van der Waals surface area (Å²) in [6, 6.07) is 16.5. The molecule has 0 aliphatic heterocycles. The van der Waals surface area contributed by atoms with Crippen LogP contribution in [0.1, 0.15) is 11.1 Å². The summed E-state index contributed by atoms with van der Waals surface area (Å²) in [7, 11) is 0. The molecular formula is C20H13Cl3FNO2. The Morgan fingerprint density at radius 3 is 2.52 bits per heavy atom. The third kappa shape index (κ3) is 5.36. The molecule has 0 atom stereocenters. The molecule has 3 rings (SSSR count). The van der Waals surface area contributed by atoms with Gasteiger partial charge in [0, 0.05) is 27.2 Å². The lowest BCUT2D eigenvalue weighted by atomic mass is 10.2. The molecule has 27 heavy (non-hydrogen) atoms. The summed E-state index contributed by atoms with van der Waals surface area (Å²) >= 11 is 17.6. The van der Waals surface area contributed by atoms with E-state index < -0.39 is 5.82 Å². The summed E-state index contributed by atoms with van der Waals surface area (Å²) in [4.78, 5) is 5.29. The molecule has 3 aromatic carbocycles. The van der Waals surface area contributed by atoms with Crippen molar-refractivity contribution < 1.29 is 14.0 Å². The lowest BCUT2D eigenvalue weighted by Gasteiger charge is -2.09. The van der Waals surface area contributed by atoms with Crippen molar-refractivity contribution in [1.82, 2.24) is 0 Å². The van der Waals surface area contributed by atoms with E-state index in [1.807, 2.05) is 6.07 Å². The molecule has 0 unspecified atom stereocenters. The van der Waals surface area contributed by atoms with Crippen molar-refractivity contribution in [2.45, 2.75) is 6.61 Å². The Morgan fingerprint density at radius 2 is 1.74 bits per heavy atom. The van der Waals surface area contributed by atoms with Crippen LogP contribution in [-0.4, -0.2) is 6.21 Å². The Kier molecular flexibility index (Phi) is 6.56. The maximum Gasteiger partial charge on any atom is 0.145 e. The molecule has 0 heterocycles. The van der Waals surface area contributed by atoms with Crippen molar-refractivity contribution in [3.8, 4) is 11.5 Å². The normalized spacial score (nSPS) is 11.0. The molecule has 0 radical (unpaired) electrons. The fourth-order valence-electron chi connectivity index (χ4n) is 2.19. The van der Waals surface area contributed by atoms with E-state index in [0.29, 0.717) is 27.1 Å². The number of ether oxygens (including phenoxy) is 1. The second-order valence-corrected chi connectivity index (χ2v) is 6.71. The van der Waals surface area contributed by atoms with Crippen LogP contribution < -0.4 is 4.74 Å². The monoisotopic (exact) mass is 423 g/mol. The lowest BCUT2D eigenvalue weighted by Crippen LogP contribution is -1.93. The predicted octanol–water partition coefficient (Wildman–Crippen LogP) is 7.13. The first-order valence-electron chi connectivity index (χ1n) is 7.84. The van der Waals surface area contributed by atoms with Gasteiger partial charge in [0.25, 0.3) is 0 Å².